The van der Waals surface area contributed by atoms with E-state index in [4.69, 9.17) is 15.5 Å². The Bertz CT molecular complexity index is 1030. The number of aromatic hydroxyl groups is 1. The van der Waals surface area contributed by atoms with E-state index < -0.39 is 17.4 Å². The van der Waals surface area contributed by atoms with Gasteiger partial charge >= 0.3 is 0 Å². The third kappa shape index (κ3) is 2.84. The van der Waals surface area contributed by atoms with E-state index in [9.17, 15) is 13.9 Å². The van der Waals surface area contributed by atoms with Crippen LogP contribution in [-0.4, -0.2) is 21.3 Å². The lowest BCUT2D eigenvalue weighted by molar-refractivity contribution is 0.319. The smallest absolute Gasteiger partial charge is 0.180 e. The first-order valence-electron chi connectivity index (χ1n) is 7.18. The molecule has 0 atom stereocenters. The normalized spacial score (nSPS) is 12.0. The highest BCUT2D eigenvalue weighted by atomic mass is 79.9. The second kappa shape index (κ2) is 6.69. The molecule has 0 saturated heterocycles. The molecule has 0 aliphatic heterocycles. The maximum absolute atomic E-state index is 14.5. The molecular formula is C16H12BrF2N3O3S. The Balaban J connectivity index is 2.45. The Hall–Kier alpha value is -2.46. The van der Waals surface area contributed by atoms with E-state index >= 15 is 0 Å². The molecule has 3 aromatic rings. The second-order valence-corrected chi connectivity index (χ2v) is 7.76. The molecule has 2 heterocycles. The molecule has 0 aliphatic rings. The number of halogens is 3. The van der Waals surface area contributed by atoms with Gasteiger partial charge in [0.2, 0.25) is 0 Å². The summed E-state index contributed by atoms with van der Waals surface area (Å²) in [7, 11) is 0. The van der Waals surface area contributed by atoms with E-state index in [0.717, 1.165) is 17.4 Å². The summed E-state index contributed by atoms with van der Waals surface area (Å²) in [5.41, 5.74) is 7.37. The summed E-state index contributed by atoms with van der Waals surface area (Å²) in [6, 6.07) is 1.57. The topological polar surface area (TPSA) is 105 Å². The van der Waals surface area contributed by atoms with Crippen molar-refractivity contribution in [2.75, 3.05) is 0 Å². The summed E-state index contributed by atoms with van der Waals surface area (Å²) >= 11 is 4.42. The first kappa shape index (κ1) is 18.3. The van der Waals surface area contributed by atoms with Gasteiger partial charge in [-0.3, -0.25) is 0 Å². The van der Waals surface area contributed by atoms with Crippen LogP contribution in [0.5, 0.6) is 5.75 Å². The summed E-state index contributed by atoms with van der Waals surface area (Å²) in [5.74, 6) is -2.37. The first-order valence-corrected chi connectivity index (χ1v) is 8.79. The summed E-state index contributed by atoms with van der Waals surface area (Å²) in [5, 5.41) is 25.4. The quantitative estimate of drug-likeness (QED) is 0.238. The van der Waals surface area contributed by atoms with Crippen molar-refractivity contribution in [3.05, 3.63) is 43.9 Å². The van der Waals surface area contributed by atoms with Crippen LogP contribution in [0.1, 0.15) is 16.3 Å². The Morgan fingerprint density at radius 3 is 2.50 bits per heavy atom. The zero-order chi connectivity index (χ0) is 19.2. The van der Waals surface area contributed by atoms with Gasteiger partial charge in [0.25, 0.3) is 0 Å². The average molecular weight is 444 g/mol. The van der Waals surface area contributed by atoms with E-state index in [0.29, 0.717) is 37.3 Å². The number of oxime groups is 1. The van der Waals surface area contributed by atoms with Crippen LogP contribution in [0.3, 0.4) is 0 Å². The van der Waals surface area contributed by atoms with E-state index in [1.165, 1.54) is 0 Å². The number of phenolic OH excluding ortho intramolecular Hbond substituents is 1. The number of aromatic nitrogens is 1. The lowest BCUT2D eigenvalue weighted by Gasteiger charge is -2.10. The number of hydrogen-bond acceptors (Lipinski definition) is 6. The fourth-order valence-corrected chi connectivity index (χ4v) is 4.52. The predicted molar refractivity (Wildman–Crippen MR) is 96.5 cm³/mol. The van der Waals surface area contributed by atoms with Crippen LogP contribution >= 0.6 is 27.3 Å². The highest BCUT2D eigenvalue weighted by molar-refractivity contribution is 9.11. The van der Waals surface area contributed by atoms with Gasteiger partial charge in [0.05, 0.1) is 14.4 Å². The highest BCUT2D eigenvalue weighted by Crippen LogP contribution is 2.48. The van der Waals surface area contributed by atoms with Crippen molar-refractivity contribution in [3.63, 3.8) is 0 Å². The third-order valence-corrected chi connectivity index (χ3v) is 5.68. The van der Waals surface area contributed by atoms with Gasteiger partial charge in [-0.2, -0.15) is 0 Å². The number of aryl methyl sites for hydroxylation is 2. The zero-order valence-corrected chi connectivity index (χ0v) is 15.9. The molecule has 0 fully saturated rings. The van der Waals surface area contributed by atoms with Gasteiger partial charge in [0, 0.05) is 28.3 Å². The molecule has 3 rings (SSSR count). The standard InChI is InChI=1S/C16H12BrF2N3O3S/c1-5-11(6(2)25-22-5)13-12(15(17)26-14(13)16(20)21-24)7-3-9(19)10(23)4-8(7)18/h3-4,23-24H,1-2H3,(H2,20,21). The molecule has 0 radical (unpaired) electrons. The number of hydrogen-bond donors (Lipinski definition) is 3. The number of amidine groups is 1. The van der Waals surface area contributed by atoms with Gasteiger partial charge in [0.15, 0.2) is 17.4 Å². The molecule has 136 valence electrons. The van der Waals surface area contributed by atoms with Gasteiger partial charge in [0.1, 0.15) is 11.6 Å². The van der Waals surface area contributed by atoms with E-state index in [1.54, 1.807) is 13.8 Å². The molecular weight excluding hydrogens is 432 g/mol. The van der Waals surface area contributed by atoms with Gasteiger partial charge in [-0.25, -0.2) is 8.78 Å². The zero-order valence-electron chi connectivity index (χ0n) is 13.5. The molecule has 0 bridgehead atoms. The van der Waals surface area contributed by atoms with Crippen molar-refractivity contribution in [2.45, 2.75) is 13.8 Å². The number of phenols is 1. The van der Waals surface area contributed by atoms with Crippen molar-refractivity contribution < 1.29 is 23.6 Å². The minimum absolute atomic E-state index is 0.101. The third-order valence-electron chi connectivity index (χ3n) is 3.79. The summed E-state index contributed by atoms with van der Waals surface area (Å²) < 4.78 is 34.0. The fourth-order valence-electron chi connectivity index (χ4n) is 2.68. The van der Waals surface area contributed by atoms with Gasteiger partial charge in [-0.15, -0.1) is 11.3 Å². The Kier molecular flexibility index (Phi) is 4.72. The van der Waals surface area contributed by atoms with Crippen LogP contribution < -0.4 is 5.73 Å². The summed E-state index contributed by atoms with van der Waals surface area (Å²) in [6.07, 6.45) is 0. The minimum atomic E-state index is -0.977. The molecule has 1 aromatic carbocycles. The van der Waals surface area contributed by atoms with E-state index in [1.807, 2.05) is 0 Å². The van der Waals surface area contributed by atoms with Gasteiger partial charge in [-0.1, -0.05) is 10.3 Å². The molecule has 0 saturated carbocycles. The molecule has 26 heavy (non-hydrogen) atoms. The molecule has 2 aromatic heterocycles. The van der Waals surface area contributed by atoms with Crippen LogP contribution in [0.25, 0.3) is 22.3 Å². The molecule has 0 amide bonds. The van der Waals surface area contributed by atoms with Crippen molar-refractivity contribution >= 4 is 33.1 Å². The van der Waals surface area contributed by atoms with Crippen LogP contribution in [0.4, 0.5) is 8.78 Å². The van der Waals surface area contributed by atoms with Crippen molar-refractivity contribution in [3.8, 4) is 28.0 Å². The Morgan fingerprint density at radius 1 is 1.23 bits per heavy atom. The van der Waals surface area contributed by atoms with Crippen LogP contribution in [-0.2, 0) is 0 Å². The van der Waals surface area contributed by atoms with E-state index in [-0.39, 0.29) is 17.0 Å². The van der Waals surface area contributed by atoms with Crippen LogP contribution in [0.2, 0.25) is 0 Å². The molecule has 4 N–H and O–H groups in total. The first-order chi connectivity index (χ1) is 12.3. The van der Waals surface area contributed by atoms with Crippen molar-refractivity contribution in [1.29, 1.82) is 0 Å². The lowest BCUT2D eigenvalue weighted by atomic mass is 9.95. The fraction of sp³-hybridized carbons (Fsp3) is 0.125. The molecule has 0 spiro atoms. The molecule has 0 aliphatic carbocycles. The highest BCUT2D eigenvalue weighted by Gasteiger charge is 2.28. The van der Waals surface area contributed by atoms with Gasteiger partial charge < -0.3 is 20.6 Å². The van der Waals surface area contributed by atoms with Gasteiger partial charge in [-0.05, 0) is 35.8 Å². The SMILES string of the molecule is Cc1noc(C)c1-c1c(/C(N)=N/O)sc(Br)c1-c1cc(F)c(O)cc1F. The minimum Gasteiger partial charge on any atom is -0.505 e. The number of nitrogens with zero attached hydrogens (tertiary/aromatic N) is 2. The largest absolute Gasteiger partial charge is 0.505 e. The van der Waals surface area contributed by atoms with E-state index in [2.05, 4.69) is 26.2 Å². The number of nitrogens with two attached hydrogens (primary N) is 1. The molecule has 0 unspecified atom stereocenters. The van der Waals surface area contributed by atoms with Crippen molar-refractivity contribution in [2.24, 2.45) is 10.9 Å². The summed E-state index contributed by atoms with van der Waals surface area (Å²) in [4.78, 5) is 0.330. The van der Waals surface area contributed by atoms with Crippen LogP contribution in [0, 0.1) is 25.5 Å². The molecule has 6 nitrogen and oxygen atoms in total. The summed E-state index contributed by atoms with van der Waals surface area (Å²) in [6.45, 7) is 3.35. The number of rotatable bonds is 3. The number of benzene rings is 1. The van der Waals surface area contributed by atoms with Crippen LogP contribution in [0.15, 0.2) is 25.6 Å². The lowest BCUT2D eigenvalue weighted by Crippen LogP contribution is -2.12. The Labute approximate surface area is 158 Å². The Morgan fingerprint density at radius 2 is 1.92 bits per heavy atom. The molecule has 10 heteroatoms. The van der Waals surface area contributed by atoms with Crippen molar-refractivity contribution in [1.82, 2.24) is 5.16 Å². The maximum Gasteiger partial charge on any atom is 0.180 e. The second-order valence-electron chi connectivity index (χ2n) is 5.42. The predicted octanol–water partition coefficient (Wildman–Crippen LogP) is 4.53. The average Bonchev–Trinajstić information content (AvgIpc) is 3.09. The number of thiophene rings is 1. The maximum atomic E-state index is 14.5. The monoisotopic (exact) mass is 443 g/mol.